The standard InChI is InChI=1S/C17H18ClN3/c1-13-8-14(10-15(18)9-13)11-19-6-7-21-12-20-16-4-2-3-5-17(16)21/h2-5,8-10,12,19H,6-7,11H2,1H3. The summed E-state index contributed by atoms with van der Waals surface area (Å²) in [6.07, 6.45) is 1.90. The van der Waals surface area contributed by atoms with Gasteiger partial charge in [0.25, 0.3) is 0 Å². The maximum Gasteiger partial charge on any atom is 0.0958 e. The molecule has 3 rings (SSSR count). The second-order valence-electron chi connectivity index (χ2n) is 5.24. The molecule has 0 saturated carbocycles. The van der Waals surface area contributed by atoms with Gasteiger partial charge in [-0.3, -0.25) is 0 Å². The highest BCUT2D eigenvalue weighted by atomic mass is 35.5. The van der Waals surface area contributed by atoms with Gasteiger partial charge >= 0.3 is 0 Å². The molecule has 0 fully saturated rings. The summed E-state index contributed by atoms with van der Waals surface area (Å²) in [7, 11) is 0. The second-order valence-corrected chi connectivity index (χ2v) is 5.68. The summed E-state index contributed by atoms with van der Waals surface area (Å²) in [6.45, 7) is 4.69. The van der Waals surface area contributed by atoms with Crippen molar-refractivity contribution in [2.45, 2.75) is 20.0 Å². The third kappa shape index (κ3) is 3.43. The van der Waals surface area contributed by atoms with E-state index in [1.54, 1.807) is 0 Å². The number of imidazole rings is 1. The Bertz CT molecular complexity index is 728. The van der Waals surface area contributed by atoms with Crippen LogP contribution in [-0.2, 0) is 13.1 Å². The molecule has 108 valence electrons. The van der Waals surface area contributed by atoms with Crippen molar-refractivity contribution in [3.05, 3.63) is 64.9 Å². The molecule has 0 unspecified atom stereocenters. The van der Waals surface area contributed by atoms with Crippen LogP contribution >= 0.6 is 11.6 Å². The van der Waals surface area contributed by atoms with Crippen molar-refractivity contribution >= 4 is 22.6 Å². The van der Waals surface area contributed by atoms with Crippen molar-refractivity contribution in [3.8, 4) is 0 Å². The molecule has 1 heterocycles. The van der Waals surface area contributed by atoms with Crippen molar-refractivity contribution in [1.82, 2.24) is 14.9 Å². The summed E-state index contributed by atoms with van der Waals surface area (Å²) >= 11 is 6.07. The molecule has 1 aromatic heterocycles. The molecule has 4 heteroatoms. The summed E-state index contributed by atoms with van der Waals surface area (Å²) in [6, 6.07) is 14.3. The van der Waals surface area contributed by atoms with Crippen LogP contribution in [0.2, 0.25) is 5.02 Å². The number of para-hydroxylation sites is 2. The number of aryl methyl sites for hydroxylation is 1. The van der Waals surface area contributed by atoms with E-state index in [1.807, 2.05) is 36.7 Å². The number of hydrogen-bond acceptors (Lipinski definition) is 2. The molecular formula is C17H18ClN3. The Morgan fingerprint density at radius 1 is 1.19 bits per heavy atom. The van der Waals surface area contributed by atoms with Gasteiger partial charge in [0.1, 0.15) is 0 Å². The van der Waals surface area contributed by atoms with Gasteiger partial charge in [-0.05, 0) is 42.3 Å². The van der Waals surface area contributed by atoms with Crippen LogP contribution in [0.3, 0.4) is 0 Å². The van der Waals surface area contributed by atoms with Gasteiger partial charge in [0.15, 0.2) is 0 Å². The van der Waals surface area contributed by atoms with Crippen LogP contribution in [0, 0.1) is 6.92 Å². The highest BCUT2D eigenvalue weighted by molar-refractivity contribution is 6.30. The predicted molar refractivity (Wildman–Crippen MR) is 87.6 cm³/mol. The Kier molecular flexibility index (Phi) is 4.23. The lowest BCUT2D eigenvalue weighted by Crippen LogP contribution is -2.19. The molecule has 0 aliphatic rings. The van der Waals surface area contributed by atoms with E-state index >= 15 is 0 Å². The summed E-state index contributed by atoms with van der Waals surface area (Å²) in [5.41, 5.74) is 4.64. The Morgan fingerprint density at radius 2 is 2.05 bits per heavy atom. The van der Waals surface area contributed by atoms with Crippen LogP contribution in [0.5, 0.6) is 0 Å². The monoisotopic (exact) mass is 299 g/mol. The van der Waals surface area contributed by atoms with Gasteiger partial charge < -0.3 is 9.88 Å². The molecule has 2 aromatic carbocycles. The number of hydrogen-bond donors (Lipinski definition) is 1. The van der Waals surface area contributed by atoms with Crippen LogP contribution in [0.1, 0.15) is 11.1 Å². The van der Waals surface area contributed by atoms with Gasteiger partial charge in [-0.25, -0.2) is 4.98 Å². The van der Waals surface area contributed by atoms with E-state index in [9.17, 15) is 0 Å². The van der Waals surface area contributed by atoms with Gasteiger partial charge in [0.05, 0.1) is 17.4 Å². The highest BCUT2D eigenvalue weighted by Crippen LogP contribution is 2.14. The molecule has 1 N–H and O–H groups in total. The van der Waals surface area contributed by atoms with E-state index in [2.05, 4.69) is 33.9 Å². The largest absolute Gasteiger partial charge is 0.329 e. The topological polar surface area (TPSA) is 29.9 Å². The summed E-state index contributed by atoms with van der Waals surface area (Å²) in [5, 5.41) is 4.25. The third-order valence-corrected chi connectivity index (χ3v) is 3.71. The predicted octanol–water partition coefficient (Wildman–Crippen LogP) is 3.79. The number of aromatic nitrogens is 2. The summed E-state index contributed by atoms with van der Waals surface area (Å²) < 4.78 is 2.17. The van der Waals surface area contributed by atoms with E-state index in [1.165, 1.54) is 16.6 Å². The van der Waals surface area contributed by atoms with Gasteiger partial charge in [-0.2, -0.15) is 0 Å². The highest BCUT2D eigenvalue weighted by Gasteiger charge is 2.01. The van der Waals surface area contributed by atoms with Gasteiger partial charge in [-0.1, -0.05) is 29.8 Å². The van der Waals surface area contributed by atoms with Crippen LogP contribution < -0.4 is 5.32 Å². The normalized spacial score (nSPS) is 11.1. The molecular weight excluding hydrogens is 282 g/mol. The van der Waals surface area contributed by atoms with Crippen molar-refractivity contribution in [2.75, 3.05) is 6.54 Å². The van der Waals surface area contributed by atoms with Crippen molar-refractivity contribution in [1.29, 1.82) is 0 Å². The van der Waals surface area contributed by atoms with Gasteiger partial charge in [0, 0.05) is 24.7 Å². The number of rotatable bonds is 5. The lowest BCUT2D eigenvalue weighted by molar-refractivity contribution is 0.606. The van der Waals surface area contributed by atoms with Gasteiger partial charge in [-0.15, -0.1) is 0 Å². The van der Waals surface area contributed by atoms with Gasteiger partial charge in [0.2, 0.25) is 0 Å². The number of benzene rings is 2. The Balaban J connectivity index is 1.56. The Hall–Kier alpha value is -1.84. The molecule has 0 bridgehead atoms. The van der Waals surface area contributed by atoms with E-state index in [4.69, 9.17) is 11.6 Å². The minimum absolute atomic E-state index is 0.799. The summed E-state index contributed by atoms with van der Waals surface area (Å²) in [5.74, 6) is 0. The lowest BCUT2D eigenvalue weighted by Gasteiger charge is -2.08. The van der Waals surface area contributed by atoms with E-state index < -0.39 is 0 Å². The average molecular weight is 300 g/mol. The van der Waals surface area contributed by atoms with Crippen molar-refractivity contribution in [3.63, 3.8) is 0 Å². The minimum Gasteiger partial charge on any atom is -0.329 e. The van der Waals surface area contributed by atoms with Crippen molar-refractivity contribution in [2.24, 2.45) is 0 Å². The van der Waals surface area contributed by atoms with Crippen LogP contribution in [-0.4, -0.2) is 16.1 Å². The van der Waals surface area contributed by atoms with E-state index in [0.29, 0.717) is 0 Å². The molecule has 3 nitrogen and oxygen atoms in total. The zero-order valence-corrected chi connectivity index (χ0v) is 12.8. The first-order valence-corrected chi connectivity index (χ1v) is 7.47. The van der Waals surface area contributed by atoms with E-state index in [0.717, 1.165) is 30.2 Å². The first-order valence-electron chi connectivity index (χ1n) is 7.09. The SMILES string of the molecule is Cc1cc(Cl)cc(CNCCn2cnc3ccccc32)c1. The number of nitrogens with one attached hydrogen (secondary N) is 1. The molecule has 21 heavy (non-hydrogen) atoms. The Labute approximate surface area is 129 Å². The molecule has 0 aliphatic heterocycles. The lowest BCUT2D eigenvalue weighted by atomic mass is 10.1. The molecule has 0 radical (unpaired) electrons. The molecule has 0 spiro atoms. The summed E-state index contributed by atoms with van der Waals surface area (Å²) in [4.78, 5) is 4.40. The van der Waals surface area contributed by atoms with Crippen LogP contribution in [0.4, 0.5) is 0 Å². The fourth-order valence-corrected chi connectivity index (χ4v) is 2.85. The maximum absolute atomic E-state index is 6.07. The smallest absolute Gasteiger partial charge is 0.0958 e. The zero-order valence-electron chi connectivity index (χ0n) is 12.0. The zero-order chi connectivity index (χ0) is 14.7. The quantitative estimate of drug-likeness (QED) is 0.727. The molecule has 0 saturated heterocycles. The number of nitrogens with zero attached hydrogens (tertiary/aromatic N) is 2. The fraction of sp³-hybridized carbons (Fsp3) is 0.235. The van der Waals surface area contributed by atoms with Crippen LogP contribution in [0.25, 0.3) is 11.0 Å². The third-order valence-electron chi connectivity index (χ3n) is 3.49. The van der Waals surface area contributed by atoms with E-state index in [-0.39, 0.29) is 0 Å². The maximum atomic E-state index is 6.07. The van der Waals surface area contributed by atoms with Crippen molar-refractivity contribution < 1.29 is 0 Å². The second kappa shape index (κ2) is 6.29. The number of fused-ring (bicyclic) bond motifs is 1. The molecule has 0 aliphatic carbocycles. The first-order chi connectivity index (χ1) is 10.2. The minimum atomic E-state index is 0.799. The fourth-order valence-electron chi connectivity index (χ4n) is 2.53. The number of halogens is 1. The molecule has 0 amide bonds. The first kappa shape index (κ1) is 14.1. The van der Waals surface area contributed by atoms with Crippen LogP contribution in [0.15, 0.2) is 48.8 Å². The Morgan fingerprint density at radius 3 is 2.90 bits per heavy atom. The molecule has 0 atom stereocenters. The average Bonchev–Trinajstić information content (AvgIpc) is 2.86. The molecule has 3 aromatic rings.